The summed E-state index contributed by atoms with van der Waals surface area (Å²) < 4.78 is 5.47. The van der Waals surface area contributed by atoms with Crippen molar-refractivity contribution in [3.63, 3.8) is 0 Å². The van der Waals surface area contributed by atoms with E-state index in [1.165, 1.54) is 22.0 Å². The third-order valence-corrected chi connectivity index (χ3v) is 3.99. The molecule has 0 amide bonds. The summed E-state index contributed by atoms with van der Waals surface area (Å²) in [7, 11) is 4.60. The number of rotatable bonds is 3. The molecule has 0 aliphatic rings. The first-order chi connectivity index (χ1) is 9.43. The van der Waals surface area contributed by atoms with Crippen LogP contribution in [0.2, 0.25) is 0 Å². The first-order valence-electron chi connectivity index (χ1n) is 6.93. The monoisotopic (exact) mass is 286 g/mol. The Balaban J connectivity index is 2.47. The number of hydrogen-bond acceptors (Lipinski definition) is 1. The molecular weight excluding hydrogens is 263 g/mol. The van der Waals surface area contributed by atoms with Crippen LogP contribution in [0.1, 0.15) is 37.5 Å². The van der Waals surface area contributed by atoms with Gasteiger partial charge in [0, 0.05) is 6.42 Å². The molecule has 0 saturated heterocycles. The average Bonchev–Trinajstić information content (AvgIpc) is 2.38. The fraction of sp³-hybridized carbons (Fsp3) is 0.333. The van der Waals surface area contributed by atoms with Gasteiger partial charge in [0.2, 0.25) is 0 Å². The summed E-state index contributed by atoms with van der Waals surface area (Å²) >= 11 is 0. The lowest BCUT2D eigenvalue weighted by Crippen LogP contribution is -2.22. The van der Waals surface area contributed by atoms with Crippen LogP contribution in [-0.2, 0) is 11.8 Å². The van der Waals surface area contributed by atoms with Gasteiger partial charge in [-0.15, -0.1) is 9.24 Å². The molecule has 2 rings (SSSR count). The molecule has 0 radical (unpaired) electrons. The summed E-state index contributed by atoms with van der Waals surface area (Å²) in [5.74, 6) is 0.960. The second-order valence-corrected chi connectivity index (χ2v) is 6.74. The number of para-hydroxylation sites is 1. The summed E-state index contributed by atoms with van der Waals surface area (Å²) in [5.41, 5.74) is 4.15. The highest BCUT2D eigenvalue weighted by atomic mass is 31.0. The molecule has 2 aromatic carbocycles. The van der Waals surface area contributed by atoms with Gasteiger partial charge in [0.25, 0.3) is 0 Å². The zero-order valence-corrected chi connectivity index (χ0v) is 13.9. The van der Waals surface area contributed by atoms with Crippen LogP contribution >= 0.6 is 9.24 Å². The van der Waals surface area contributed by atoms with E-state index in [1.807, 2.05) is 12.1 Å². The van der Waals surface area contributed by atoms with Crippen molar-refractivity contribution in [3.8, 4) is 5.75 Å². The first kappa shape index (κ1) is 15.1. The fourth-order valence-electron chi connectivity index (χ4n) is 2.74. The predicted octanol–water partition coefficient (Wildman–Crippen LogP) is 4.08. The zero-order chi connectivity index (χ0) is 14.8. The Labute approximate surface area is 124 Å². The van der Waals surface area contributed by atoms with E-state index < -0.39 is 0 Å². The number of ether oxygens (including phenoxy) is 1. The van der Waals surface area contributed by atoms with Crippen molar-refractivity contribution in [2.75, 3.05) is 7.11 Å². The van der Waals surface area contributed by atoms with Crippen molar-refractivity contribution in [3.05, 3.63) is 59.2 Å². The zero-order valence-electron chi connectivity index (χ0n) is 12.7. The lowest BCUT2D eigenvalue weighted by atomic mass is 9.82. The van der Waals surface area contributed by atoms with Crippen molar-refractivity contribution in [2.24, 2.45) is 0 Å². The molecule has 1 nitrogen and oxygen atoms in total. The number of hydrogen-bond donors (Lipinski definition) is 0. The number of methoxy groups -OCH3 is 1. The SMILES string of the molecule is COc1ccccc1Cc1cccc(P)c1C(C)(C)C. The van der Waals surface area contributed by atoms with Crippen LogP contribution in [-0.4, -0.2) is 7.11 Å². The Hall–Kier alpha value is -1.33. The summed E-state index contributed by atoms with van der Waals surface area (Å²) in [6, 6.07) is 14.8. The van der Waals surface area contributed by atoms with E-state index in [0.29, 0.717) is 0 Å². The summed E-state index contributed by atoms with van der Waals surface area (Å²) in [6.45, 7) is 6.80. The molecule has 1 atom stereocenters. The molecule has 0 fully saturated rings. The highest BCUT2D eigenvalue weighted by Gasteiger charge is 2.20. The minimum absolute atomic E-state index is 0.135. The van der Waals surface area contributed by atoms with Gasteiger partial charge >= 0.3 is 0 Å². The Morgan fingerprint density at radius 2 is 1.60 bits per heavy atom. The van der Waals surface area contributed by atoms with E-state index in [0.717, 1.165) is 12.2 Å². The third kappa shape index (κ3) is 3.22. The molecule has 0 aliphatic heterocycles. The van der Waals surface area contributed by atoms with Crippen LogP contribution in [0.3, 0.4) is 0 Å². The van der Waals surface area contributed by atoms with Gasteiger partial charge in [0.05, 0.1) is 7.11 Å². The van der Waals surface area contributed by atoms with Crippen LogP contribution in [0.5, 0.6) is 5.75 Å². The molecule has 0 aliphatic carbocycles. The lowest BCUT2D eigenvalue weighted by molar-refractivity contribution is 0.410. The van der Waals surface area contributed by atoms with Gasteiger partial charge < -0.3 is 4.74 Å². The van der Waals surface area contributed by atoms with Gasteiger partial charge in [-0.1, -0.05) is 57.2 Å². The molecular formula is C18H23OP. The van der Waals surface area contributed by atoms with E-state index in [4.69, 9.17) is 4.74 Å². The van der Waals surface area contributed by atoms with Gasteiger partial charge in [-0.25, -0.2) is 0 Å². The van der Waals surface area contributed by atoms with Crippen LogP contribution < -0.4 is 10.0 Å². The van der Waals surface area contributed by atoms with Gasteiger partial charge in [0.1, 0.15) is 5.75 Å². The van der Waals surface area contributed by atoms with Crippen LogP contribution in [0, 0.1) is 0 Å². The van der Waals surface area contributed by atoms with E-state index >= 15 is 0 Å². The molecule has 0 heterocycles. The molecule has 2 heteroatoms. The maximum Gasteiger partial charge on any atom is 0.122 e. The Morgan fingerprint density at radius 3 is 2.25 bits per heavy atom. The van der Waals surface area contributed by atoms with Gasteiger partial charge in [-0.3, -0.25) is 0 Å². The molecule has 0 spiro atoms. The van der Waals surface area contributed by atoms with Crippen molar-refractivity contribution < 1.29 is 4.74 Å². The lowest BCUT2D eigenvalue weighted by Gasteiger charge is -2.25. The van der Waals surface area contributed by atoms with Crippen molar-refractivity contribution in [1.29, 1.82) is 0 Å². The molecule has 0 bridgehead atoms. The van der Waals surface area contributed by atoms with E-state index in [9.17, 15) is 0 Å². The Morgan fingerprint density at radius 1 is 0.950 bits per heavy atom. The van der Waals surface area contributed by atoms with Gasteiger partial charge in [0.15, 0.2) is 0 Å². The normalized spacial score (nSPS) is 11.4. The summed E-state index contributed by atoms with van der Waals surface area (Å²) in [4.78, 5) is 0. The maximum absolute atomic E-state index is 5.47. The Bertz CT molecular complexity index is 597. The van der Waals surface area contributed by atoms with E-state index in [2.05, 4.69) is 60.3 Å². The summed E-state index contributed by atoms with van der Waals surface area (Å²) in [5, 5.41) is 1.28. The van der Waals surface area contributed by atoms with Crippen molar-refractivity contribution >= 4 is 14.5 Å². The topological polar surface area (TPSA) is 9.23 Å². The van der Waals surface area contributed by atoms with Crippen LogP contribution in [0.4, 0.5) is 0 Å². The second-order valence-electron chi connectivity index (χ2n) is 6.12. The molecule has 0 aromatic heterocycles. The highest BCUT2D eigenvalue weighted by Crippen LogP contribution is 2.29. The highest BCUT2D eigenvalue weighted by molar-refractivity contribution is 7.27. The molecule has 1 unspecified atom stereocenters. The van der Waals surface area contributed by atoms with Crippen LogP contribution in [0.25, 0.3) is 0 Å². The van der Waals surface area contributed by atoms with Crippen LogP contribution in [0.15, 0.2) is 42.5 Å². The van der Waals surface area contributed by atoms with E-state index in [-0.39, 0.29) is 5.41 Å². The minimum Gasteiger partial charge on any atom is -0.496 e. The van der Waals surface area contributed by atoms with Crippen molar-refractivity contribution in [2.45, 2.75) is 32.6 Å². The molecule has 0 N–H and O–H groups in total. The van der Waals surface area contributed by atoms with Crippen molar-refractivity contribution in [1.82, 2.24) is 0 Å². The predicted molar refractivity (Wildman–Crippen MR) is 90.3 cm³/mol. The Kier molecular flexibility index (Phi) is 4.50. The molecule has 0 saturated carbocycles. The van der Waals surface area contributed by atoms with E-state index in [1.54, 1.807) is 7.11 Å². The maximum atomic E-state index is 5.47. The minimum atomic E-state index is 0.135. The average molecular weight is 286 g/mol. The fourth-order valence-corrected chi connectivity index (χ4v) is 3.47. The summed E-state index contributed by atoms with van der Waals surface area (Å²) in [6.07, 6.45) is 0.902. The first-order valence-corrected chi connectivity index (χ1v) is 7.51. The third-order valence-electron chi connectivity index (χ3n) is 3.51. The molecule has 2 aromatic rings. The molecule has 20 heavy (non-hydrogen) atoms. The quantitative estimate of drug-likeness (QED) is 0.772. The standard InChI is InChI=1S/C18H23OP/c1-18(2,3)17-14(9-7-11-16(17)20)12-13-8-5-6-10-15(13)19-4/h5-11H,12,20H2,1-4H3. The largest absolute Gasteiger partial charge is 0.496 e. The second kappa shape index (κ2) is 5.97. The number of benzene rings is 2. The molecule has 106 valence electrons. The van der Waals surface area contributed by atoms with Gasteiger partial charge in [-0.05, 0) is 33.5 Å². The smallest absolute Gasteiger partial charge is 0.122 e. The van der Waals surface area contributed by atoms with Gasteiger partial charge in [-0.2, -0.15) is 0 Å².